The molecule has 0 saturated carbocycles. The molecule has 0 heterocycles. The van der Waals surface area contributed by atoms with Crippen molar-refractivity contribution in [3.63, 3.8) is 0 Å². The number of rotatable bonds is 4. The van der Waals surface area contributed by atoms with Gasteiger partial charge in [-0.1, -0.05) is 41.5 Å². The zero-order chi connectivity index (χ0) is 24.4. The Balaban J connectivity index is 2.78. The number of hydrogen-bond acceptors (Lipinski definition) is 7. The molecular weight excluding hydrogens is 414 g/mol. The van der Waals surface area contributed by atoms with Crippen LogP contribution < -0.4 is 10.6 Å². The number of non-ortho nitro benzene ring substituents is 1. The van der Waals surface area contributed by atoms with Crippen molar-refractivity contribution in [2.45, 2.75) is 52.4 Å². The van der Waals surface area contributed by atoms with Crippen LogP contribution in [-0.2, 0) is 20.4 Å². The number of esters is 1. The Morgan fingerprint density at radius 3 is 1.84 bits per heavy atom. The first kappa shape index (κ1) is 24.8. The van der Waals surface area contributed by atoms with Gasteiger partial charge in [-0.2, -0.15) is 0 Å². The molecule has 0 aromatic heterocycles. The van der Waals surface area contributed by atoms with Gasteiger partial charge in [0.25, 0.3) is 5.69 Å². The average Bonchev–Trinajstić information content (AvgIpc) is 2.67. The van der Waals surface area contributed by atoms with Crippen LogP contribution in [0.5, 0.6) is 5.75 Å². The molecule has 2 aromatic rings. The molecule has 2 rings (SSSR count). The molecule has 32 heavy (non-hydrogen) atoms. The highest BCUT2D eigenvalue weighted by Gasteiger charge is 2.30. The Morgan fingerprint density at radius 1 is 1.00 bits per heavy atom. The van der Waals surface area contributed by atoms with Crippen LogP contribution in [0.4, 0.5) is 21.9 Å². The number of nitrogens with two attached hydrogens (primary N) is 1. The molecule has 0 aliphatic carbocycles. The van der Waals surface area contributed by atoms with E-state index in [1.165, 1.54) is 24.3 Å². The van der Waals surface area contributed by atoms with E-state index in [-0.39, 0.29) is 17.1 Å². The van der Waals surface area contributed by atoms with Crippen LogP contribution in [0.25, 0.3) is 0 Å². The SMILES string of the molecule is CC(C)(C)c1cc(N(C(=O)OC(=O)CN)c2ccc([N+](=O)[O-])cc2)cc(C(C)(C)C)c1O. The molecule has 0 radical (unpaired) electrons. The number of nitrogens with zero attached hydrogens (tertiary/aromatic N) is 2. The molecule has 2 aromatic carbocycles. The zero-order valence-corrected chi connectivity index (χ0v) is 19.1. The normalized spacial score (nSPS) is 11.7. The standard InChI is InChI=1S/C23H29N3O6/c1-22(2,3)17-11-16(12-18(20(17)28)23(4,5)6)25(21(29)32-19(27)13-24)14-7-9-15(10-8-14)26(30)31/h7-12,28H,13,24H2,1-6H3. The second-order valence-electron chi connectivity index (χ2n) is 9.44. The van der Waals surface area contributed by atoms with Gasteiger partial charge in [-0.3, -0.25) is 14.9 Å². The molecule has 0 aliphatic rings. The lowest BCUT2D eigenvalue weighted by atomic mass is 9.79. The van der Waals surface area contributed by atoms with Crippen LogP contribution in [0.2, 0.25) is 0 Å². The summed E-state index contributed by atoms with van der Waals surface area (Å²) in [5, 5.41) is 22.0. The summed E-state index contributed by atoms with van der Waals surface area (Å²) in [6.45, 7) is 11.0. The number of anilines is 2. The summed E-state index contributed by atoms with van der Waals surface area (Å²) < 4.78 is 4.86. The zero-order valence-electron chi connectivity index (χ0n) is 19.1. The van der Waals surface area contributed by atoms with E-state index in [1.807, 2.05) is 41.5 Å². The number of ether oxygens (including phenoxy) is 1. The number of carbonyl (C=O) groups is 2. The molecule has 9 heteroatoms. The lowest BCUT2D eigenvalue weighted by Gasteiger charge is -2.30. The molecule has 0 aliphatic heterocycles. The average molecular weight is 444 g/mol. The van der Waals surface area contributed by atoms with Crippen molar-refractivity contribution >= 4 is 29.1 Å². The Hall–Kier alpha value is -3.46. The van der Waals surface area contributed by atoms with E-state index in [9.17, 15) is 24.8 Å². The van der Waals surface area contributed by atoms with Crippen molar-refractivity contribution in [3.8, 4) is 5.75 Å². The summed E-state index contributed by atoms with van der Waals surface area (Å²) in [7, 11) is 0. The van der Waals surface area contributed by atoms with Gasteiger partial charge in [-0.25, -0.2) is 9.69 Å². The Labute approximate surface area is 186 Å². The summed E-state index contributed by atoms with van der Waals surface area (Å²) in [5.74, 6) is -0.809. The van der Waals surface area contributed by atoms with E-state index in [0.717, 1.165) is 4.90 Å². The highest BCUT2D eigenvalue weighted by Crippen LogP contribution is 2.43. The van der Waals surface area contributed by atoms with Gasteiger partial charge in [0.2, 0.25) is 0 Å². The van der Waals surface area contributed by atoms with Crippen LogP contribution in [0.15, 0.2) is 36.4 Å². The number of carbonyl (C=O) groups excluding carboxylic acids is 2. The van der Waals surface area contributed by atoms with E-state index in [2.05, 4.69) is 0 Å². The maximum absolute atomic E-state index is 13.0. The number of amides is 1. The Morgan fingerprint density at radius 2 is 1.47 bits per heavy atom. The molecule has 0 fully saturated rings. The number of nitro benzene ring substituents is 1. The minimum absolute atomic E-state index is 0.115. The number of phenols is 1. The first-order valence-corrected chi connectivity index (χ1v) is 10.0. The summed E-state index contributed by atoms with van der Waals surface area (Å²) in [6.07, 6.45) is -1.01. The number of benzene rings is 2. The largest absolute Gasteiger partial charge is 0.507 e. The predicted octanol–water partition coefficient (Wildman–Crippen LogP) is 4.66. The molecular formula is C23H29N3O6. The molecule has 1 amide bonds. The van der Waals surface area contributed by atoms with E-state index in [1.54, 1.807) is 12.1 Å². The molecule has 0 atom stereocenters. The van der Waals surface area contributed by atoms with Gasteiger partial charge >= 0.3 is 12.1 Å². The smallest absolute Gasteiger partial charge is 0.426 e. The predicted molar refractivity (Wildman–Crippen MR) is 121 cm³/mol. The fourth-order valence-corrected chi connectivity index (χ4v) is 3.16. The number of nitro groups is 1. The minimum atomic E-state index is -1.01. The second kappa shape index (κ2) is 8.96. The van der Waals surface area contributed by atoms with E-state index in [0.29, 0.717) is 16.8 Å². The summed E-state index contributed by atoms with van der Waals surface area (Å²) >= 11 is 0. The monoisotopic (exact) mass is 443 g/mol. The second-order valence-corrected chi connectivity index (χ2v) is 9.44. The van der Waals surface area contributed by atoms with Gasteiger partial charge < -0.3 is 15.6 Å². The van der Waals surface area contributed by atoms with Crippen molar-refractivity contribution in [2.24, 2.45) is 5.73 Å². The third-order valence-corrected chi connectivity index (χ3v) is 4.84. The van der Waals surface area contributed by atoms with Gasteiger partial charge in [0.1, 0.15) is 5.75 Å². The van der Waals surface area contributed by atoms with Crippen molar-refractivity contribution < 1.29 is 24.4 Å². The molecule has 3 N–H and O–H groups in total. The fraction of sp³-hybridized carbons (Fsp3) is 0.391. The first-order chi connectivity index (χ1) is 14.7. The van der Waals surface area contributed by atoms with Crippen molar-refractivity contribution in [1.82, 2.24) is 0 Å². The maximum Gasteiger partial charge on any atom is 0.426 e. The topological polar surface area (TPSA) is 136 Å². The maximum atomic E-state index is 13.0. The fourth-order valence-electron chi connectivity index (χ4n) is 3.16. The Bertz CT molecular complexity index is 998. The lowest BCUT2D eigenvalue weighted by Crippen LogP contribution is -2.32. The van der Waals surface area contributed by atoms with Crippen LogP contribution >= 0.6 is 0 Å². The molecule has 9 nitrogen and oxygen atoms in total. The molecule has 0 unspecified atom stereocenters. The van der Waals surface area contributed by atoms with Crippen LogP contribution in [0.1, 0.15) is 52.7 Å². The highest BCUT2D eigenvalue weighted by molar-refractivity contribution is 6.01. The van der Waals surface area contributed by atoms with Crippen LogP contribution in [-0.4, -0.2) is 28.6 Å². The third-order valence-electron chi connectivity index (χ3n) is 4.84. The van der Waals surface area contributed by atoms with Gasteiger partial charge in [0.05, 0.1) is 22.8 Å². The van der Waals surface area contributed by atoms with E-state index < -0.39 is 34.4 Å². The van der Waals surface area contributed by atoms with Crippen LogP contribution in [0, 0.1) is 10.1 Å². The van der Waals surface area contributed by atoms with Crippen molar-refractivity contribution in [2.75, 3.05) is 11.4 Å². The quantitative estimate of drug-likeness (QED) is 0.304. The molecule has 0 spiro atoms. The van der Waals surface area contributed by atoms with E-state index >= 15 is 0 Å². The van der Waals surface area contributed by atoms with Crippen LogP contribution in [0.3, 0.4) is 0 Å². The highest BCUT2D eigenvalue weighted by atomic mass is 16.6. The molecule has 0 saturated heterocycles. The lowest BCUT2D eigenvalue weighted by molar-refractivity contribution is -0.384. The third kappa shape index (κ3) is 5.42. The van der Waals surface area contributed by atoms with E-state index in [4.69, 9.17) is 10.5 Å². The number of aromatic hydroxyl groups is 1. The summed E-state index contributed by atoms with van der Waals surface area (Å²) in [6, 6.07) is 8.53. The number of phenolic OH excluding ortho intramolecular Hbond substituents is 1. The molecule has 0 bridgehead atoms. The van der Waals surface area contributed by atoms with Crippen molar-refractivity contribution in [3.05, 3.63) is 57.6 Å². The summed E-state index contributed by atoms with van der Waals surface area (Å²) in [5.41, 5.74) is 5.93. The van der Waals surface area contributed by atoms with Gasteiger partial charge in [-0.05, 0) is 35.1 Å². The first-order valence-electron chi connectivity index (χ1n) is 10.0. The van der Waals surface area contributed by atoms with Gasteiger partial charge in [0.15, 0.2) is 0 Å². The number of hydrogen-bond donors (Lipinski definition) is 2. The minimum Gasteiger partial charge on any atom is -0.507 e. The Kier molecular flexibility index (Phi) is 6.94. The summed E-state index contributed by atoms with van der Waals surface area (Å²) in [4.78, 5) is 36.3. The van der Waals surface area contributed by atoms with Gasteiger partial charge in [-0.15, -0.1) is 0 Å². The molecule has 172 valence electrons. The van der Waals surface area contributed by atoms with Gasteiger partial charge in [0, 0.05) is 23.3 Å². The van der Waals surface area contributed by atoms with Crippen molar-refractivity contribution in [1.29, 1.82) is 0 Å².